The molecule has 0 saturated heterocycles. The van der Waals surface area contributed by atoms with Gasteiger partial charge in [0.2, 0.25) is 0 Å². The van der Waals surface area contributed by atoms with E-state index in [-0.39, 0.29) is 0 Å². The highest BCUT2D eigenvalue weighted by atomic mass is 15.3. The highest BCUT2D eigenvalue weighted by molar-refractivity contribution is 5.10. The van der Waals surface area contributed by atoms with E-state index < -0.39 is 0 Å². The van der Waals surface area contributed by atoms with Crippen molar-refractivity contribution in [3.63, 3.8) is 0 Å². The summed E-state index contributed by atoms with van der Waals surface area (Å²) in [5, 5.41) is 15.2. The quantitative estimate of drug-likeness (QED) is 0.341. The Labute approximate surface area is 218 Å². The molecular weight excluding hydrogens is 448 g/mol. The first-order valence-corrected chi connectivity index (χ1v) is 12.8. The van der Waals surface area contributed by atoms with Gasteiger partial charge in [0.15, 0.2) is 0 Å². The molecule has 0 atom stereocenters. The molecule has 4 rings (SSSR count). The number of nitrogens with one attached hydrogen (secondary N) is 1. The predicted octanol–water partition coefficient (Wildman–Crippen LogP) is 6.70. The minimum absolute atomic E-state index is 0.485. The number of imidazole rings is 1. The summed E-state index contributed by atoms with van der Waals surface area (Å²) in [6.07, 6.45) is 11.8. The van der Waals surface area contributed by atoms with Crippen LogP contribution in [0.2, 0.25) is 0 Å². The van der Waals surface area contributed by atoms with E-state index in [4.69, 9.17) is 0 Å². The summed E-state index contributed by atoms with van der Waals surface area (Å²) in [7, 11) is 3.92. The monoisotopic (exact) mass is 496 g/mol. The number of nitrogens with zero attached hydrogens (tertiary/aromatic N) is 7. The number of aryl methyl sites for hydroxylation is 4. The Morgan fingerprint density at radius 1 is 0.750 bits per heavy atom. The van der Waals surface area contributed by atoms with Gasteiger partial charge in [0.1, 0.15) is 0 Å². The summed E-state index contributed by atoms with van der Waals surface area (Å²) >= 11 is 0. The summed E-state index contributed by atoms with van der Waals surface area (Å²) < 4.78 is 5.75. The fourth-order valence-electron chi connectivity index (χ4n) is 2.92. The molecule has 0 fully saturated rings. The van der Waals surface area contributed by atoms with Crippen LogP contribution in [0.1, 0.15) is 107 Å². The number of hydrogen-bond donors (Lipinski definition) is 1. The average Bonchev–Trinajstić information content (AvgIpc) is 3.58. The third-order valence-electron chi connectivity index (χ3n) is 5.28. The Hall–Kier alpha value is -3.16. The fourth-order valence-corrected chi connectivity index (χ4v) is 2.92. The van der Waals surface area contributed by atoms with E-state index >= 15 is 0 Å². The molecule has 1 N–H and O–H groups in total. The second-order valence-corrected chi connectivity index (χ2v) is 10.4. The van der Waals surface area contributed by atoms with Crippen molar-refractivity contribution in [1.29, 1.82) is 0 Å². The van der Waals surface area contributed by atoms with Crippen molar-refractivity contribution in [3.8, 4) is 0 Å². The molecule has 8 heteroatoms. The van der Waals surface area contributed by atoms with Crippen molar-refractivity contribution < 1.29 is 0 Å². The minimum atomic E-state index is 0.485. The molecule has 0 bridgehead atoms. The topological polar surface area (TPSA) is 82.1 Å². The number of H-pyrrole nitrogens is 1. The third kappa shape index (κ3) is 11.5. The molecular formula is C28H48N8. The van der Waals surface area contributed by atoms with Gasteiger partial charge in [0.25, 0.3) is 0 Å². The van der Waals surface area contributed by atoms with Gasteiger partial charge in [-0.1, -0.05) is 41.5 Å². The SMILES string of the molecule is CC(C)c1cn(C)cn1.CC(C)c1cnn(C)c1.Cc1cc(C(C)C)n[nH]1.Cc1cnn(C(C)C)c1. The Morgan fingerprint density at radius 3 is 1.61 bits per heavy atom. The van der Waals surface area contributed by atoms with Gasteiger partial charge in [-0.05, 0) is 62.6 Å². The van der Waals surface area contributed by atoms with Crippen molar-refractivity contribution in [1.82, 2.24) is 39.3 Å². The van der Waals surface area contributed by atoms with Gasteiger partial charge in [0.05, 0.1) is 30.1 Å². The van der Waals surface area contributed by atoms with Gasteiger partial charge in [-0.2, -0.15) is 15.3 Å². The normalized spacial score (nSPS) is 10.7. The van der Waals surface area contributed by atoms with E-state index in [1.807, 2.05) is 79.2 Å². The molecule has 0 aromatic carbocycles. The van der Waals surface area contributed by atoms with Crippen LogP contribution in [0.15, 0.2) is 43.4 Å². The average molecular weight is 497 g/mol. The summed E-state index contributed by atoms with van der Waals surface area (Å²) in [4.78, 5) is 4.18. The Kier molecular flexibility index (Phi) is 12.9. The lowest BCUT2D eigenvalue weighted by atomic mass is 10.1. The van der Waals surface area contributed by atoms with Crippen LogP contribution in [0.3, 0.4) is 0 Å². The maximum Gasteiger partial charge on any atom is 0.0946 e. The lowest BCUT2D eigenvalue weighted by Gasteiger charge is -2.02. The van der Waals surface area contributed by atoms with Crippen LogP contribution in [-0.2, 0) is 14.1 Å². The molecule has 0 aliphatic rings. The summed E-state index contributed by atoms with van der Waals surface area (Å²) in [5.74, 6) is 1.68. The molecule has 0 aliphatic carbocycles. The smallest absolute Gasteiger partial charge is 0.0946 e. The van der Waals surface area contributed by atoms with E-state index in [1.165, 1.54) is 11.1 Å². The second-order valence-electron chi connectivity index (χ2n) is 10.4. The van der Waals surface area contributed by atoms with Gasteiger partial charge in [-0.3, -0.25) is 14.5 Å². The zero-order valence-electron chi connectivity index (χ0n) is 24.5. The molecule has 200 valence electrons. The maximum atomic E-state index is 4.18. The molecule has 0 amide bonds. The van der Waals surface area contributed by atoms with Gasteiger partial charge in [-0.25, -0.2) is 4.98 Å². The first-order valence-electron chi connectivity index (χ1n) is 12.8. The molecule has 36 heavy (non-hydrogen) atoms. The maximum absolute atomic E-state index is 4.18. The zero-order valence-corrected chi connectivity index (χ0v) is 24.5. The number of rotatable bonds is 4. The standard InChI is InChI=1S/4C7H12N2/c1-6(2)7-4-9(3)5-8-7;1-6(2)7-4-8-9(3)5-7;1-6(2)9-5-7(3)4-8-9;1-5(2)7-4-6(3)8-9-7/h3*4-6H,1-3H3;4-5H,1-3H3,(H,8,9). The lowest BCUT2D eigenvalue weighted by Crippen LogP contribution is -1.99. The van der Waals surface area contributed by atoms with Crippen LogP contribution < -0.4 is 0 Å². The predicted molar refractivity (Wildman–Crippen MR) is 149 cm³/mol. The summed E-state index contributed by atoms with van der Waals surface area (Å²) in [6, 6.07) is 2.56. The van der Waals surface area contributed by atoms with Gasteiger partial charge in [-0.15, -0.1) is 0 Å². The molecule has 0 saturated carbocycles. The van der Waals surface area contributed by atoms with Crippen LogP contribution in [0.5, 0.6) is 0 Å². The lowest BCUT2D eigenvalue weighted by molar-refractivity contribution is 0.532. The van der Waals surface area contributed by atoms with Crippen LogP contribution in [0.25, 0.3) is 0 Å². The molecule has 8 nitrogen and oxygen atoms in total. The summed E-state index contributed by atoms with van der Waals surface area (Å²) in [5.41, 5.74) is 5.98. The summed E-state index contributed by atoms with van der Waals surface area (Å²) in [6.45, 7) is 21.2. The second kappa shape index (κ2) is 15.1. The Morgan fingerprint density at radius 2 is 1.39 bits per heavy atom. The van der Waals surface area contributed by atoms with Crippen molar-refractivity contribution in [2.75, 3.05) is 0 Å². The van der Waals surface area contributed by atoms with E-state index in [0.29, 0.717) is 23.8 Å². The molecule has 4 aromatic heterocycles. The van der Waals surface area contributed by atoms with Gasteiger partial charge >= 0.3 is 0 Å². The number of aromatic amines is 1. The molecule has 0 spiro atoms. The largest absolute Gasteiger partial charge is 0.340 e. The minimum Gasteiger partial charge on any atom is -0.340 e. The third-order valence-corrected chi connectivity index (χ3v) is 5.28. The van der Waals surface area contributed by atoms with E-state index in [0.717, 1.165) is 17.1 Å². The highest BCUT2D eigenvalue weighted by Crippen LogP contribution is 2.11. The van der Waals surface area contributed by atoms with Gasteiger partial charge in [0, 0.05) is 44.4 Å². The number of hydrogen-bond acceptors (Lipinski definition) is 4. The first kappa shape index (κ1) is 30.9. The van der Waals surface area contributed by atoms with Crippen LogP contribution in [-0.4, -0.2) is 39.3 Å². The Balaban J connectivity index is 0.000000240. The van der Waals surface area contributed by atoms with Crippen molar-refractivity contribution in [2.45, 2.75) is 93.0 Å². The van der Waals surface area contributed by atoms with E-state index in [1.54, 1.807) is 0 Å². The van der Waals surface area contributed by atoms with Crippen molar-refractivity contribution >= 4 is 0 Å². The fraction of sp³-hybridized carbons (Fsp3) is 0.571. The Bertz CT molecular complexity index is 931. The molecule has 0 radical (unpaired) electrons. The van der Waals surface area contributed by atoms with Crippen LogP contribution in [0.4, 0.5) is 0 Å². The first-order chi connectivity index (χ1) is 16.8. The van der Waals surface area contributed by atoms with Gasteiger partial charge < -0.3 is 4.57 Å². The van der Waals surface area contributed by atoms with Crippen LogP contribution in [0, 0.1) is 13.8 Å². The molecule has 4 aromatic rings. The van der Waals surface area contributed by atoms with Crippen LogP contribution >= 0.6 is 0 Å². The van der Waals surface area contributed by atoms with Crippen molar-refractivity contribution in [3.05, 3.63) is 71.6 Å². The van der Waals surface area contributed by atoms with E-state index in [9.17, 15) is 0 Å². The van der Waals surface area contributed by atoms with Crippen molar-refractivity contribution in [2.24, 2.45) is 14.1 Å². The zero-order chi connectivity index (χ0) is 27.4. The molecule has 4 heterocycles. The molecule has 0 aliphatic heterocycles. The molecule has 0 unspecified atom stereocenters. The number of aromatic nitrogens is 8. The van der Waals surface area contributed by atoms with E-state index in [2.05, 4.69) is 86.8 Å². The highest BCUT2D eigenvalue weighted by Gasteiger charge is 2.01.